The van der Waals surface area contributed by atoms with Crippen LogP contribution in [0.3, 0.4) is 0 Å². The minimum atomic E-state index is -5.08. The van der Waals surface area contributed by atoms with Gasteiger partial charge in [0.25, 0.3) is 0 Å². The molecule has 45 heavy (non-hydrogen) atoms. The third-order valence-electron chi connectivity index (χ3n) is 5.28. The minimum absolute atomic E-state index is 0.105. The standard InChI is InChI=1S/C19H23ClN10S.2C2HF3O2/c1-4-10-13(20)12-16(25-10)28-19(29-17(12)30(3)6-5-23-2)31-9-7-11-14(24-8-9)15(21)27-18(22)26-11;2*3-2(4,5)1(6)7/h7-8,23H,4-6H2,1-3H3,(H,25,28,29)(H4,21,22,26,27);2*(H,6,7). The monoisotopic (exact) mass is 686 g/mol. The number of carboxylic acid groups (broad SMARTS) is 2. The molecule has 4 rings (SSSR count). The number of pyridine rings is 1. The Balaban J connectivity index is 0.000000421. The Hall–Kier alpha value is -4.37. The summed E-state index contributed by atoms with van der Waals surface area (Å²) in [6.45, 7) is 3.62. The number of likely N-dealkylation sites (N-methyl/N-ethyl adjacent to an activating group) is 2. The third kappa shape index (κ3) is 10.1. The van der Waals surface area contributed by atoms with E-state index in [2.05, 4.69) is 30.2 Å². The van der Waals surface area contributed by atoms with Crippen LogP contribution in [0.2, 0.25) is 5.02 Å². The number of carboxylic acids is 2. The highest BCUT2D eigenvalue weighted by molar-refractivity contribution is 7.99. The lowest BCUT2D eigenvalue weighted by atomic mass is 10.3. The molecule has 0 aliphatic rings. The van der Waals surface area contributed by atoms with Gasteiger partial charge in [0.2, 0.25) is 5.95 Å². The van der Waals surface area contributed by atoms with Crippen LogP contribution in [0.15, 0.2) is 22.3 Å². The highest BCUT2D eigenvalue weighted by Crippen LogP contribution is 2.36. The van der Waals surface area contributed by atoms with E-state index >= 15 is 0 Å². The van der Waals surface area contributed by atoms with Gasteiger partial charge in [-0.25, -0.2) is 29.5 Å². The predicted octanol–water partition coefficient (Wildman–Crippen LogP) is 3.75. The number of anilines is 3. The molecule has 246 valence electrons. The summed E-state index contributed by atoms with van der Waals surface area (Å²) in [5, 5.41) is 19.5. The molecule has 22 heteroatoms. The molecule has 0 aromatic carbocycles. The summed E-state index contributed by atoms with van der Waals surface area (Å²) >= 11 is 8.01. The van der Waals surface area contributed by atoms with Gasteiger partial charge in [-0.2, -0.15) is 31.3 Å². The second-order valence-corrected chi connectivity index (χ2v) is 9.98. The molecule has 0 fully saturated rings. The number of nitrogens with two attached hydrogens (primary N) is 2. The number of alkyl halides is 6. The highest BCUT2D eigenvalue weighted by atomic mass is 35.5. The van der Waals surface area contributed by atoms with Gasteiger partial charge in [0.15, 0.2) is 11.0 Å². The van der Waals surface area contributed by atoms with Crippen LogP contribution in [0, 0.1) is 0 Å². The number of hydrogen-bond acceptors (Lipinski definition) is 12. The van der Waals surface area contributed by atoms with E-state index in [1.807, 2.05) is 27.1 Å². The second-order valence-electron chi connectivity index (χ2n) is 8.56. The van der Waals surface area contributed by atoms with Crippen molar-refractivity contribution in [3.63, 3.8) is 0 Å². The Labute approximate surface area is 258 Å². The zero-order chi connectivity index (χ0) is 34.3. The molecule has 14 nitrogen and oxygen atoms in total. The van der Waals surface area contributed by atoms with Crippen molar-refractivity contribution in [1.29, 1.82) is 0 Å². The Bertz CT molecular complexity index is 1650. The maximum Gasteiger partial charge on any atom is 0.490 e. The third-order valence-corrected chi connectivity index (χ3v) is 6.53. The van der Waals surface area contributed by atoms with Gasteiger partial charge in [0.1, 0.15) is 17.0 Å². The first-order valence-electron chi connectivity index (χ1n) is 12.2. The molecule has 0 amide bonds. The Kier molecular flexibility index (Phi) is 12.3. The number of rotatable bonds is 7. The summed E-state index contributed by atoms with van der Waals surface area (Å²) in [4.78, 5) is 46.1. The molecule has 0 saturated heterocycles. The summed E-state index contributed by atoms with van der Waals surface area (Å²) in [5.74, 6) is -4.39. The predicted molar refractivity (Wildman–Crippen MR) is 153 cm³/mol. The molecule has 0 atom stereocenters. The molecule has 8 N–H and O–H groups in total. The smallest absolute Gasteiger partial charge is 0.475 e. The molecular weight excluding hydrogens is 662 g/mol. The molecule has 4 aromatic rings. The van der Waals surface area contributed by atoms with Gasteiger partial charge < -0.3 is 36.9 Å². The molecule has 4 heterocycles. The van der Waals surface area contributed by atoms with Crippen LogP contribution in [-0.4, -0.2) is 91.6 Å². The fourth-order valence-electron chi connectivity index (χ4n) is 3.22. The molecule has 0 spiro atoms. The van der Waals surface area contributed by atoms with Gasteiger partial charge >= 0.3 is 24.3 Å². The zero-order valence-corrected chi connectivity index (χ0v) is 25.0. The lowest BCUT2D eigenvalue weighted by molar-refractivity contribution is -0.193. The number of halogens is 7. The van der Waals surface area contributed by atoms with Gasteiger partial charge in [0, 0.05) is 36.9 Å². The molecule has 0 aliphatic carbocycles. The number of aliphatic carboxylic acids is 2. The summed E-state index contributed by atoms with van der Waals surface area (Å²) in [6.07, 6.45) is -7.70. The Morgan fingerprint density at radius 1 is 1.07 bits per heavy atom. The van der Waals surface area contributed by atoms with Gasteiger partial charge in [0.05, 0.1) is 15.9 Å². The van der Waals surface area contributed by atoms with Crippen molar-refractivity contribution < 1.29 is 46.1 Å². The molecule has 0 saturated carbocycles. The van der Waals surface area contributed by atoms with Crippen molar-refractivity contribution in [2.45, 2.75) is 35.7 Å². The van der Waals surface area contributed by atoms with Crippen LogP contribution >= 0.6 is 23.4 Å². The lowest BCUT2D eigenvalue weighted by Gasteiger charge is -2.19. The summed E-state index contributed by atoms with van der Waals surface area (Å²) in [7, 11) is 3.90. The van der Waals surface area contributed by atoms with Crippen LogP contribution in [0.1, 0.15) is 12.6 Å². The van der Waals surface area contributed by atoms with Crippen LogP contribution in [-0.2, 0) is 16.0 Å². The van der Waals surface area contributed by atoms with E-state index < -0.39 is 24.3 Å². The van der Waals surface area contributed by atoms with E-state index in [-0.39, 0.29) is 11.8 Å². The van der Waals surface area contributed by atoms with Crippen LogP contribution in [0.4, 0.5) is 43.9 Å². The number of hydrogen-bond donors (Lipinski definition) is 6. The second kappa shape index (κ2) is 15.1. The van der Waals surface area contributed by atoms with Gasteiger partial charge in [-0.3, -0.25) is 0 Å². The molecule has 0 radical (unpaired) electrons. The number of nitrogens with one attached hydrogen (secondary N) is 2. The van der Waals surface area contributed by atoms with Crippen LogP contribution < -0.4 is 21.7 Å². The largest absolute Gasteiger partial charge is 0.490 e. The average Bonchev–Trinajstić information content (AvgIpc) is 3.25. The van der Waals surface area contributed by atoms with Crippen molar-refractivity contribution in [1.82, 2.24) is 35.2 Å². The van der Waals surface area contributed by atoms with E-state index in [0.717, 1.165) is 41.3 Å². The van der Waals surface area contributed by atoms with E-state index in [1.165, 1.54) is 11.8 Å². The zero-order valence-electron chi connectivity index (χ0n) is 23.4. The number of carbonyl (C=O) groups is 2. The summed E-state index contributed by atoms with van der Waals surface area (Å²) in [6, 6.07) is 1.85. The number of nitrogens with zero attached hydrogens (tertiary/aromatic N) is 6. The topological polar surface area (TPSA) is 222 Å². The van der Waals surface area contributed by atoms with Crippen molar-refractivity contribution in [2.24, 2.45) is 0 Å². The van der Waals surface area contributed by atoms with Gasteiger partial charge in [-0.15, -0.1) is 0 Å². The molecular formula is C23H25ClF6N10O4S. The minimum Gasteiger partial charge on any atom is -0.475 e. The first-order valence-corrected chi connectivity index (χ1v) is 13.4. The highest BCUT2D eigenvalue weighted by Gasteiger charge is 2.38. The van der Waals surface area contributed by atoms with E-state index in [1.54, 1.807) is 6.20 Å². The molecule has 0 bridgehead atoms. The quantitative estimate of drug-likeness (QED) is 0.120. The van der Waals surface area contributed by atoms with E-state index in [9.17, 15) is 26.3 Å². The summed E-state index contributed by atoms with van der Waals surface area (Å²) in [5.41, 5.74) is 14.3. The molecule has 0 unspecified atom stereocenters. The molecule has 0 aliphatic heterocycles. The number of fused-ring (bicyclic) bond motifs is 2. The fourth-order valence-corrected chi connectivity index (χ4v) is 4.34. The normalized spacial score (nSPS) is 11.4. The maximum atomic E-state index is 10.6. The van der Waals surface area contributed by atoms with Crippen LogP contribution in [0.25, 0.3) is 22.1 Å². The van der Waals surface area contributed by atoms with E-state index in [0.29, 0.717) is 26.9 Å². The first-order chi connectivity index (χ1) is 20.8. The lowest BCUT2D eigenvalue weighted by Crippen LogP contribution is -2.28. The number of H-pyrrole nitrogens is 1. The maximum absolute atomic E-state index is 10.6. The van der Waals surface area contributed by atoms with Crippen LogP contribution in [0.5, 0.6) is 0 Å². The molecule has 4 aromatic heterocycles. The number of aromatic amines is 1. The van der Waals surface area contributed by atoms with Gasteiger partial charge in [-0.05, 0) is 31.3 Å². The SMILES string of the molecule is CCc1[nH]c2nc(Sc3cnc4c(N)nc(N)nc4c3)nc(N(C)CCNC)c2c1Cl.O=C(O)C(F)(F)F.O=C(O)C(F)(F)F. The van der Waals surface area contributed by atoms with Crippen molar-refractivity contribution >= 4 is 75.0 Å². The van der Waals surface area contributed by atoms with Crippen molar-refractivity contribution in [2.75, 3.05) is 43.6 Å². The van der Waals surface area contributed by atoms with E-state index in [4.69, 9.17) is 52.8 Å². The Morgan fingerprint density at radius 3 is 2.16 bits per heavy atom. The Morgan fingerprint density at radius 2 is 1.64 bits per heavy atom. The number of aromatic nitrogens is 6. The first kappa shape index (κ1) is 36.8. The number of aryl methyl sites for hydroxylation is 1. The number of nitrogen functional groups attached to an aromatic ring is 2. The summed E-state index contributed by atoms with van der Waals surface area (Å²) < 4.78 is 63.5. The van der Waals surface area contributed by atoms with Crippen molar-refractivity contribution in [3.8, 4) is 0 Å². The van der Waals surface area contributed by atoms with Gasteiger partial charge in [-0.1, -0.05) is 18.5 Å². The average molecular weight is 687 g/mol. The fraction of sp³-hybridized carbons (Fsp3) is 0.348. The van der Waals surface area contributed by atoms with Crippen molar-refractivity contribution in [3.05, 3.63) is 23.0 Å².